The van der Waals surface area contributed by atoms with E-state index in [0.717, 1.165) is 17.8 Å². The maximum atomic E-state index is 13.2. The number of nitrogens with zero attached hydrogens (tertiary/aromatic N) is 1. The molecule has 0 radical (unpaired) electrons. The molecule has 0 aliphatic carbocycles. The van der Waals surface area contributed by atoms with E-state index >= 15 is 0 Å². The van der Waals surface area contributed by atoms with Crippen molar-refractivity contribution in [2.75, 3.05) is 12.3 Å². The van der Waals surface area contributed by atoms with Crippen LogP contribution in [0.25, 0.3) is 0 Å². The largest absolute Gasteiger partial charge is 0.394 e. The third-order valence-electron chi connectivity index (χ3n) is 2.49. The summed E-state index contributed by atoms with van der Waals surface area (Å²) in [6, 6.07) is 1.83. The fourth-order valence-corrected chi connectivity index (χ4v) is 2.08. The van der Waals surface area contributed by atoms with E-state index in [-0.39, 0.29) is 5.56 Å². The van der Waals surface area contributed by atoms with Gasteiger partial charge >= 0.3 is 0 Å². The number of carbonyl (C=O) groups is 1. The number of nitrogens with one attached hydrogen (secondary N) is 1. The van der Waals surface area contributed by atoms with Crippen molar-refractivity contribution >= 4 is 22.9 Å². The molecule has 3 N–H and O–H groups in total. The molecule has 7 heteroatoms. The van der Waals surface area contributed by atoms with Crippen molar-refractivity contribution in [1.29, 1.82) is 0 Å². The summed E-state index contributed by atoms with van der Waals surface area (Å²) in [4.78, 5) is 15.7. The van der Waals surface area contributed by atoms with E-state index in [1.54, 1.807) is 5.51 Å². The Labute approximate surface area is 112 Å². The number of rotatable bonds is 4. The van der Waals surface area contributed by atoms with Gasteiger partial charge in [-0.15, -0.1) is 11.3 Å². The average Bonchev–Trinajstić information content (AvgIpc) is 2.88. The molecule has 1 aromatic heterocycles. The summed E-state index contributed by atoms with van der Waals surface area (Å²) < 4.78 is 26.4. The predicted octanol–water partition coefficient (Wildman–Crippen LogP) is 1.98. The molecule has 2 rings (SSSR count). The highest BCUT2D eigenvalue weighted by Gasteiger charge is 2.12. The zero-order valence-corrected chi connectivity index (χ0v) is 10.6. The average molecular weight is 283 g/mol. The minimum Gasteiger partial charge on any atom is -0.394 e. The van der Waals surface area contributed by atoms with Crippen molar-refractivity contribution in [3.8, 4) is 0 Å². The highest BCUT2D eigenvalue weighted by atomic mass is 32.1. The fourth-order valence-electron chi connectivity index (χ4n) is 1.48. The van der Waals surface area contributed by atoms with Gasteiger partial charge in [-0.2, -0.15) is 0 Å². The molecule has 2 aromatic rings. The summed E-state index contributed by atoms with van der Waals surface area (Å²) >= 11 is 1.46. The molecular formula is C12H11F2N3OS. The summed E-state index contributed by atoms with van der Waals surface area (Å²) in [5, 5.41) is 4.43. The van der Waals surface area contributed by atoms with E-state index in [4.69, 9.17) is 5.73 Å². The number of amides is 1. The minimum atomic E-state index is -0.940. The number of benzene rings is 1. The smallest absolute Gasteiger partial charge is 0.251 e. The second kappa shape index (κ2) is 5.75. The zero-order chi connectivity index (χ0) is 13.8. The predicted molar refractivity (Wildman–Crippen MR) is 68.9 cm³/mol. The van der Waals surface area contributed by atoms with Gasteiger partial charge in [-0.05, 0) is 12.1 Å². The van der Waals surface area contributed by atoms with Gasteiger partial charge in [0.15, 0.2) is 0 Å². The SMILES string of the molecule is Nc1c(F)cc(C(=O)NCCc2cscn2)cc1F. The van der Waals surface area contributed by atoms with E-state index in [1.165, 1.54) is 11.3 Å². The lowest BCUT2D eigenvalue weighted by Crippen LogP contribution is -2.26. The molecule has 0 aliphatic rings. The van der Waals surface area contributed by atoms with E-state index in [9.17, 15) is 13.6 Å². The van der Waals surface area contributed by atoms with Crippen LogP contribution < -0.4 is 11.1 Å². The Kier molecular flexibility index (Phi) is 4.06. The Hall–Kier alpha value is -2.02. The summed E-state index contributed by atoms with van der Waals surface area (Å²) in [7, 11) is 0. The molecule has 1 amide bonds. The molecule has 0 aliphatic heterocycles. The molecule has 0 saturated carbocycles. The second-order valence-corrected chi connectivity index (χ2v) is 4.56. The first-order valence-electron chi connectivity index (χ1n) is 5.47. The number of hydrogen-bond acceptors (Lipinski definition) is 4. The lowest BCUT2D eigenvalue weighted by molar-refractivity contribution is 0.0953. The van der Waals surface area contributed by atoms with Gasteiger partial charge in [-0.25, -0.2) is 13.8 Å². The maximum Gasteiger partial charge on any atom is 0.251 e. The van der Waals surface area contributed by atoms with Crippen LogP contribution in [0, 0.1) is 11.6 Å². The van der Waals surface area contributed by atoms with Crippen molar-refractivity contribution in [3.05, 3.63) is 45.9 Å². The van der Waals surface area contributed by atoms with Crippen LogP contribution in [-0.2, 0) is 6.42 Å². The molecule has 1 aromatic carbocycles. The number of nitrogens with two attached hydrogens (primary N) is 1. The first kappa shape index (κ1) is 13.4. The molecule has 0 bridgehead atoms. The maximum absolute atomic E-state index is 13.2. The molecule has 19 heavy (non-hydrogen) atoms. The quantitative estimate of drug-likeness (QED) is 0.843. The third-order valence-corrected chi connectivity index (χ3v) is 3.13. The molecule has 0 fully saturated rings. The number of hydrogen-bond donors (Lipinski definition) is 2. The number of thiazole rings is 1. The van der Waals surface area contributed by atoms with Crippen LogP contribution in [0.2, 0.25) is 0 Å². The van der Waals surface area contributed by atoms with E-state index in [1.807, 2.05) is 5.38 Å². The van der Waals surface area contributed by atoms with Gasteiger partial charge in [0.25, 0.3) is 5.91 Å². The number of carbonyl (C=O) groups excluding carboxylic acids is 1. The van der Waals surface area contributed by atoms with E-state index in [0.29, 0.717) is 13.0 Å². The van der Waals surface area contributed by atoms with Crippen LogP contribution in [0.4, 0.5) is 14.5 Å². The molecular weight excluding hydrogens is 272 g/mol. The molecule has 1 heterocycles. The number of aromatic nitrogens is 1. The monoisotopic (exact) mass is 283 g/mol. The number of halogens is 2. The van der Waals surface area contributed by atoms with E-state index in [2.05, 4.69) is 10.3 Å². The summed E-state index contributed by atoms with van der Waals surface area (Å²) in [5.41, 5.74) is 7.00. The minimum absolute atomic E-state index is 0.0949. The lowest BCUT2D eigenvalue weighted by Gasteiger charge is -2.06. The lowest BCUT2D eigenvalue weighted by atomic mass is 10.1. The molecule has 100 valence electrons. The molecule has 0 saturated heterocycles. The number of nitrogen functional groups attached to an aromatic ring is 1. The van der Waals surface area contributed by atoms with Crippen LogP contribution in [0.5, 0.6) is 0 Å². The molecule has 0 spiro atoms. The first-order chi connectivity index (χ1) is 9.08. The van der Waals surface area contributed by atoms with Gasteiger partial charge in [0.2, 0.25) is 0 Å². The Morgan fingerprint density at radius 2 is 2.05 bits per heavy atom. The van der Waals surface area contributed by atoms with Crippen LogP contribution in [0.3, 0.4) is 0 Å². The highest BCUT2D eigenvalue weighted by Crippen LogP contribution is 2.17. The highest BCUT2D eigenvalue weighted by molar-refractivity contribution is 7.07. The first-order valence-corrected chi connectivity index (χ1v) is 6.42. The Morgan fingerprint density at radius 3 is 2.63 bits per heavy atom. The van der Waals surface area contributed by atoms with Crippen LogP contribution in [0.1, 0.15) is 16.1 Å². The molecule has 0 unspecified atom stereocenters. The Bertz CT molecular complexity index is 564. The van der Waals surface area contributed by atoms with Crippen molar-refractivity contribution in [2.24, 2.45) is 0 Å². The van der Waals surface area contributed by atoms with Gasteiger partial charge in [0.1, 0.15) is 17.3 Å². The molecule has 4 nitrogen and oxygen atoms in total. The van der Waals surface area contributed by atoms with Gasteiger partial charge in [-0.1, -0.05) is 0 Å². The topological polar surface area (TPSA) is 68.0 Å². The number of anilines is 1. The van der Waals surface area contributed by atoms with Crippen LogP contribution in [0.15, 0.2) is 23.0 Å². The van der Waals surface area contributed by atoms with E-state index < -0.39 is 23.2 Å². The summed E-state index contributed by atoms with van der Waals surface area (Å²) in [5.74, 6) is -2.43. The van der Waals surface area contributed by atoms with Gasteiger partial charge < -0.3 is 11.1 Å². The Morgan fingerprint density at radius 1 is 1.37 bits per heavy atom. The molecule has 0 atom stereocenters. The van der Waals surface area contributed by atoms with Crippen LogP contribution >= 0.6 is 11.3 Å². The van der Waals surface area contributed by atoms with Crippen molar-refractivity contribution in [1.82, 2.24) is 10.3 Å². The van der Waals surface area contributed by atoms with Crippen LogP contribution in [-0.4, -0.2) is 17.4 Å². The summed E-state index contributed by atoms with van der Waals surface area (Å²) in [6.07, 6.45) is 0.565. The summed E-state index contributed by atoms with van der Waals surface area (Å²) in [6.45, 7) is 0.343. The normalized spacial score (nSPS) is 10.4. The van der Waals surface area contributed by atoms with Gasteiger partial charge in [0, 0.05) is 23.9 Å². The van der Waals surface area contributed by atoms with Crippen molar-refractivity contribution < 1.29 is 13.6 Å². The van der Waals surface area contributed by atoms with Gasteiger partial charge in [-0.3, -0.25) is 4.79 Å². The Balaban J connectivity index is 1.96. The zero-order valence-electron chi connectivity index (χ0n) is 9.82. The standard InChI is InChI=1S/C12H11F2N3OS/c13-9-3-7(4-10(14)11(9)15)12(18)16-2-1-8-5-19-6-17-8/h3-6H,1-2,15H2,(H,16,18). The van der Waals surface area contributed by atoms with Gasteiger partial charge in [0.05, 0.1) is 11.2 Å². The van der Waals surface area contributed by atoms with Crippen molar-refractivity contribution in [2.45, 2.75) is 6.42 Å². The van der Waals surface area contributed by atoms with Crippen molar-refractivity contribution in [3.63, 3.8) is 0 Å². The fraction of sp³-hybridized carbons (Fsp3) is 0.167. The second-order valence-electron chi connectivity index (χ2n) is 3.84. The third kappa shape index (κ3) is 3.25.